The highest BCUT2D eigenvalue weighted by Crippen LogP contribution is 2.39. The molecule has 5 nitrogen and oxygen atoms in total. The predicted octanol–water partition coefficient (Wildman–Crippen LogP) is 1.61. The molecule has 1 atom stereocenters. The maximum atomic E-state index is 12.3. The van der Waals surface area contributed by atoms with Crippen molar-refractivity contribution in [3.63, 3.8) is 0 Å². The van der Waals surface area contributed by atoms with Gasteiger partial charge in [0.25, 0.3) is 11.8 Å². The maximum Gasteiger partial charge on any atom is 0.266 e. The first kappa shape index (κ1) is 15.2. The third kappa shape index (κ3) is 2.28. The molecule has 104 valence electrons. The third-order valence-corrected chi connectivity index (χ3v) is 4.42. The molecule has 1 N–H and O–H groups in total. The van der Waals surface area contributed by atoms with E-state index >= 15 is 0 Å². The largest absolute Gasteiger partial charge is 0.278 e. The van der Waals surface area contributed by atoms with Crippen molar-refractivity contribution in [2.45, 2.75) is 19.3 Å². The minimum absolute atomic E-state index is 0.135. The van der Waals surface area contributed by atoms with Crippen molar-refractivity contribution in [1.29, 1.82) is 0 Å². The van der Waals surface area contributed by atoms with Crippen LogP contribution in [0.1, 0.15) is 19.3 Å². The Bertz CT molecular complexity index is 597. The fraction of sp³-hybridized carbons (Fsp3) is 0.333. The molecule has 2 rings (SSSR count). The summed E-state index contributed by atoms with van der Waals surface area (Å²) >= 11 is 15.1. The van der Waals surface area contributed by atoms with Gasteiger partial charge in [0, 0.05) is 12.6 Å². The van der Waals surface area contributed by atoms with Crippen LogP contribution >= 0.6 is 36.7 Å². The van der Waals surface area contributed by atoms with Gasteiger partial charge in [0.15, 0.2) is 0 Å². The van der Waals surface area contributed by atoms with E-state index in [2.05, 4.69) is 4.99 Å². The smallest absolute Gasteiger partial charge is 0.266 e. The number of hydroxylamine groups is 2. The summed E-state index contributed by atoms with van der Waals surface area (Å²) in [7, 11) is 0. The van der Waals surface area contributed by atoms with Crippen LogP contribution in [0.3, 0.4) is 0 Å². The van der Waals surface area contributed by atoms with Crippen molar-refractivity contribution < 1.29 is 14.8 Å². The highest BCUT2D eigenvalue weighted by molar-refractivity contribution is 7.91. The van der Waals surface area contributed by atoms with Crippen molar-refractivity contribution in [3.8, 4) is 0 Å². The lowest BCUT2D eigenvalue weighted by Crippen LogP contribution is -2.45. The van der Waals surface area contributed by atoms with E-state index in [9.17, 15) is 14.8 Å². The van der Waals surface area contributed by atoms with E-state index in [1.807, 2.05) is 0 Å². The average molecular weight is 326 g/mol. The molecule has 0 aromatic carbocycles. The normalized spacial score (nSPS) is 26.2. The Kier molecular flexibility index (Phi) is 4.28. The van der Waals surface area contributed by atoms with Gasteiger partial charge in [-0.1, -0.05) is 36.7 Å². The van der Waals surface area contributed by atoms with Crippen molar-refractivity contribution in [3.05, 3.63) is 12.3 Å². The Labute approximate surface area is 131 Å². The molecule has 0 aliphatic carbocycles. The summed E-state index contributed by atoms with van der Waals surface area (Å²) in [6, 6.07) is 0. The van der Waals surface area contributed by atoms with Gasteiger partial charge in [-0.15, -0.1) is 0 Å². The number of imide groups is 1. The number of nitrogens with zero attached hydrogens (tertiary/aromatic N) is 2. The molecule has 20 heavy (non-hydrogen) atoms. The van der Waals surface area contributed by atoms with E-state index in [0.717, 1.165) is 0 Å². The zero-order valence-electron chi connectivity index (χ0n) is 10.2. The van der Waals surface area contributed by atoms with E-state index in [0.29, 0.717) is 11.3 Å². The molecule has 8 heteroatoms. The molecular weight excluding hydrogens is 316 g/mol. The molecule has 2 heterocycles. The van der Waals surface area contributed by atoms with Crippen molar-refractivity contribution in [1.82, 2.24) is 5.06 Å². The van der Waals surface area contributed by atoms with Crippen LogP contribution in [0.4, 0.5) is 0 Å². The molecule has 0 aromatic rings. The maximum absolute atomic E-state index is 12.3. The Balaban J connectivity index is 2.51. The molecule has 0 bridgehead atoms. The molecular formula is C12H10N2O3S3. The molecule has 1 saturated heterocycles. The highest BCUT2D eigenvalue weighted by Gasteiger charge is 2.55. The van der Waals surface area contributed by atoms with E-state index in [1.54, 1.807) is 6.08 Å². The van der Waals surface area contributed by atoms with Crippen molar-refractivity contribution >= 4 is 69.3 Å². The van der Waals surface area contributed by atoms with Gasteiger partial charge in [-0.2, -0.15) is 5.06 Å². The lowest BCUT2D eigenvalue weighted by Gasteiger charge is -2.28. The molecule has 2 aliphatic heterocycles. The summed E-state index contributed by atoms with van der Waals surface area (Å²) in [6.07, 6.45) is 3.51. The summed E-state index contributed by atoms with van der Waals surface area (Å²) in [5, 5.41) is 11.1. The number of thiocarbonyl (C=S) groups is 3. The van der Waals surface area contributed by atoms with Crippen LogP contribution in [0.25, 0.3) is 0 Å². The molecule has 0 aromatic heterocycles. The van der Waals surface area contributed by atoms with E-state index in [4.69, 9.17) is 36.7 Å². The van der Waals surface area contributed by atoms with Crippen LogP contribution in [-0.4, -0.2) is 42.9 Å². The SMILES string of the molecule is O=C1CC(CCC=S)(C2=NC=CC(=S)C2=S)C(=O)N1O. The first-order valence-electron chi connectivity index (χ1n) is 5.77. The quantitative estimate of drug-likeness (QED) is 0.481. The third-order valence-electron chi connectivity index (χ3n) is 3.30. The molecule has 0 radical (unpaired) electrons. The Hall–Kier alpha value is -1.22. The van der Waals surface area contributed by atoms with Gasteiger partial charge in [0.2, 0.25) is 0 Å². The molecule has 0 spiro atoms. The number of rotatable bonds is 4. The van der Waals surface area contributed by atoms with Gasteiger partial charge in [-0.05, 0) is 24.3 Å². The summed E-state index contributed by atoms with van der Waals surface area (Å²) < 4.78 is 0. The average Bonchev–Trinajstić information content (AvgIpc) is 2.65. The van der Waals surface area contributed by atoms with Gasteiger partial charge in [0.05, 0.1) is 15.4 Å². The second kappa shape index (κ2) is 5.65. The fourth-order valence-corrected chi connectivity index (χ4v) is 2.89. The topological polar surface area (TPSA) is 70.0 Å². The summed E-state index contributed by atoms with van der Waals surface area (Å²) in [6.45, 7) is 0. The van der Waals surface area contributed by atoms with Gasteiger partial charge < -0.3 is 0 Å². The number of hydrogen-bond acceptors (Lipinski definition) is 7. The Morgan fingerprint density at radius 3 is 2.70 bits per heavy atom. The molecule has 2 aliphatic rings. The van der Waals surface area contributed by atoms with Crippen LogP contribution in [-0.2, 0) is 9.59 Å². The molecule has 2 amide bonds. The zero-order valence-corrected chi connectivity index (χ0v) is 12.7. The zero-order chi connectivity index (χ0) is 14.9. The minimum Gasteiger partial charge on any atom is -0.278 e. The second-order valence-corrected chi connectivity index (χ2v) is 5.64. The first-order valence-corrected chi connectivity index (χ1v) is 7.06. The first-order chi connectivity index (χ1) is 9.44. The number of aliphatic imine (C=N–C) groups is 1. The van der Waals surface area contributed by atoms with E-state index in [1.165, 1.54) is 11.6 Å². The second-order valence-electron chi connectivity index (χ2n) is 4.46. The number of carbonyl (C=O) groups excluding carboxylic acids is 2. The minimum atomic E-state index is -1.27. The molecule has 0 saturated carbocycles. The molecule has 1 fully saturated rings. The predicted molar refractivity (Wildman–Crippen MR) is 85.3 cm³/mol. The summed E-state index contributed by atoms with van der Waals surface area (Å²) in [5.41, 5.74) is -1.00. The lowest BCUT2D eigenvalue weighted by molar-refractivity contribution is -0.173. The van der Waals surface area contributed by atoms with Crippen LogP contribution in [0, 0.1) is 5.41 Å². The van der Waals surface area contributed by atoms with Crippen LogP contribution in [0.2, 0.25) is 0 Å². The summed E-state index contributed by atoms with van der Waals surface area (Å²) in [5.74, 6) is -1.40. The Morgan fingerprint density at radius 1 is 1.45 bits per heavy atom. The fourth-order valence-electron chi connectivity index (χ4n) is 2.30. The van der Waals surface area contributed by atoms with Crippen LogP contribution in [0.15, 0.2) is 17.3 Å². The van der Waals surface area contributed by atoms with Gasteiger partial charge in [0.1, 0.15) is 5.41 Å². The van der Waals surface area contributed by atoms with Crippen LogP contribution in [0.5, 0.6) is 0 Å². The van der Waals surface area contributed by atoms with Crippen LogP contribution < -0.4 is 0 Å². The van der Waals surface area contributed by atoms with Gasteiger partial charge in [-0.3, -0.25) is 19.8 Å². The monoisotopic (exact) mass is 326 g/mol. The van der Waals surface area contributed by atoms with Gasteiger partial charge >= 0.3 is 0 Å². The van der Waals surface area contributed by atoms with E-state index in [-0.39, 0.29) is 28.5 Å². The lowest BCUT2D eigenvalue weighted by atomic mass is 9.75. The van der Waals surface area contributed by atoms with E-state index < -0.39 is 17.2 Å². The standard InChI is InChI=1S/C12H10N2O3S3/c15-8-6-12(3-1-5-18,11(16)14(8)17)10-9(20)7(19)2-4-13-10/h2,4-5,17H,1,3,6H2. The highest BCUT2D eigenvalue weighted by atomic mass is 32.1. The summed E-state index contributed by atoms with van der Waals surface area (Å²) in [4.78, 5) is 28.8. The number of hydrogen-bond donors (Lipinski definition) is 1. The number of allylic oxidation sites excluding steroid dienone is 1. The van der Waals surface area contributed by atoms with Crippen molar-refractivity contribution in [2.75, 3.05) is 0 Å². The number of amides is 2. The number of carbonyl (C=O) groups is 2. The molecule has 1 unspecified atom stereocenters. The van der Waals surface area contributed by atoms with Crippen molar-refractivity contribution in [2.24, 2.45) is 10.4 Å². The Morgan fingerprint density at radius 2 is 2.15 bits per heavy atom. The van der Waals surface area contributed by atoms with Gasteiger partial charge in [-0.25, -0.2) is 0 Å².